The Morgan fingerprint density at radius 2 is 1.96 bits per heavy atom. The van der Waals surface area contributed by atoms with Crippen molar-refractivity contribution in [1.29, 1.82) is 0 Å². The van der Waals surface area contributed by atoms with Gasteiger partial charge in [-0.15, -0.1) is 6.42 Å². The molecule has 0 saturated carbocycles. The highest BCUT2D eigenvalue weighted by atomic mass is 35.5. The van der Waals surface area contributed by atoms with Crippen molar-refractivity contribution in [2.45, 2.75) is 6.54 Å². The number of carbonyl (C=O) groups is 1. The van der Waals surface area contributed by atoms with Crippen LogP contribution >= 0.6 is 22.9 Å². The third kappa shape index (κ3) is 3.29. The van der Waals surface area contributed by atoms with Gasteiger partial charge in [-0.05, 0) is 41.1 Å². The maximum Gasteiger partial charge on any atom is 0.283 e. The minimum Gasteiger partial charge on any atom is -0.496 e. The lowest BCUT2D eigenvalue weighted by Crippen LogP contribution is -2.16. The zero-order chi connectivity index (χ0) is 19.7. The van der Waals surface area contributed by atoms with Gasteiger partial charge in [0.2, 0.25) is 0 Å². The molecule has 4 nitrogen and oxygen atoms in total. The van der Waals surface area contributed by atoms with E-state index in [0.29, 0.717) is 27.7 Å². The van der Waals surface area contributed by atoms with Crippen molar-refractivity contribution in [3.05, 3.63) is 70.0 Å². The van der Waals surface area contributed by atoms with Crippen LogP contribution in [0.5, 0.6) is 5.75 Å². The van der Waals surface area contributed by atoms with Gasteiger partial charge in [0, 0.05) is 5.02 Å². The average molecular weight is 407 g/mol. The van der Waals surface area contributed by atoms with Crippen LogP contribution in [0, 0.1) is 12.3 Å². The van der Waals surface area contributed by atoms with E-state index in [1.54, 1.807) is 19.2 Å². The summed E-state index contributed by atoms with van der Waals surface area (Å²) in [7, 11) is 1.54. The summed E-state index contributed by atoms with van der Waals surface area (Å²) >= 11 is 7.47. The van der Waals surface area contributed by atoms with Gasteiger partial charge in [-0.3, -0.25) is 4.79 Å². The Balaban J connectivity index is 1.90. The van der Waals surface area contributed by atoms with Gasteiger partial charge in [0.25, 0.3) is 5.91 Å². The number of ether oxygens (including phenoxy) is 1. The Morgan fingerprint density at radius 3 is 2.68 bits per heavy atom. The zero-order valence-corrected chi connectivity index (χ0v) is 16.6. The van der Waals surface area contributed by atoms with Crippen molar-refractivity contribution >= 4 is 49.8 Å². The van der Waals surface area contributed by atoms with Gasteiger partial charge in [-0.1, -0.05) is 53.1 Å². The first-order valence-corrected chi connectivity index (χ1v) is 9.68. The van der Waals surface area contributed by atoms with Gasteiger partial charge >= 0.3 is 0 Å². The highest BCUT2D eigenvalue weighted by Gasteiger charge is 2.14. The molecule has 0 fully saturated rings. The summed E-state index contributed by atoms with van der Waals surface area (Å²) in [6, 6.07) is 17.0. The molecule has 6 heteroatoms. The largest absolute Gasteiger partial charge is 0.496 e. The lowest BCUT2D eigenvalue weighted by atomic mass is 10.1. The molecule has 0 N–H and O–H groups in total. The molecule has 1 aromatic heterocycles. The minimum atomic E-state index is -0.383. The van der Waals surface area contributed by atoms with E-state index in [4.69, 9.17) is 22.8 Å². The number of benzene rings is 3. The predicted molar refractivity (Wildman–Crippen MR) is 114 cm³/mol. The van der Waals surface area contributed by atoms with E-state index in [9.17, 15) is 4.79 Å². The Labute approximate surface area is 170 Å². The van der Waals surface area contributed by atoms with Gasteiger partial charge in [-0.2, -0.15) is 4.99 Å². The summed E-state index contributed by atoms with van der Waals surface area (Å²) in [5, 5.41) is 2.56. The molecule has 0 bridgehead atoms. The molecule has 0 radical (unpaired) electrons. The van der Waals surface area contributed by atoms with E-state index in [2.05, 4.69) is 10.9 Å². The fraction of sp³-hybridized carbons (Fsp3) is 0.0909. The van der Waals surface area contributed by atoms with Crippen LogP contribution in [0.25, 0.3) is 21.0 Å². The van der Waals surface area contributed by atoms with Crippen LogP contribution in [-0.2, 0) is 6.54 Å². The van der Waals surface area contributed by atoms with Gasteiger partial charge in [0.05, 0.1) is 29.4 Å². The molecule has 4 aromatic rings. The maximum absolute atomic E-state index is 13.0. The molecule has 0 spiro atoms. The van der Waals surface area contributed by atoms with Crippen LogP contribution in [0.2, 0.25) is 5.02 Å². The van der Waals surface area contributed by atoms with Crippen LogP contribution < -0.4 is 9.54 Å². The van der Waals surface area contributed by atoms with Crippen LogP contribution in [0.4, 0.5) is 0 Å². The second-order valence-corrected chi connectivity index (χ2v) is 7.55. The quantitative estimate of drug-likeness (QED) is 0.454. The molecular formula is C22H15ClN2O2S. The lowest BCUT2D eigenvalue weighted by molar-refractivity contribution is 0.0995. The summed E-state index contributed by atoms with van der Waals surface area (Å²) in [6.07, 6.45) is 5.52. The molecule has 28 heavy (non-hydrogen) atoms. The summed E-state index contributed by atoms with van der Waals surface area (Å²) in [5.41, 5.74) is 1.30. The SMILES string of the molecule is C#CCn1c(=NC(=O)c2cc3ccccc3cc2OC)sc2cc(Cl)ccc21. The number of rotatable bonds is 3. The summed E-state index contributed by atoms with van der Waals surface area (Å²) in [5.74, 6) is 2.72. The second-order valence-electron chi connectivity index (χ2n) is 6.10. The third-order valence-corrected chi connectivity index (χ3v) is 5.67. The third-order valence-electron chi connectivity index (χ3n) is 4.39. The van der Waals surface area contributed by atoms with Crippen LogP contribution in [-0.4, -0.2) is 17.6 Å². The molecule has 0 aliphatic rings. The lowest BCUT2D eigenvalue weighted by Gasteiger charge is -2.07. The van der Waals surface area contributed by atoms with Crippen molar-refractivity contribution in [2.75, 3.05) is 7.11 Å². The fourth-order valence-corrected chi connectivity index (χ4v) is 4.38. The number of aromatic nitrogens is 1. The van der Waals surface area contributed by atoms with Crippen molar-refractivity contribution in [2.24, 2.45) is 4.99 Å². The minimum absolute atomic E-state index is 0.308. The number of thiazole rings is 1. The van der Waals surface area contributed by atoms with Crippen molar-refractivity contribution in [3.8, 4) is 18.1 Å². The molecule has 0 atom stereocenters. The fourth-order valence-electron chi connectivity index (χ4n) is 3.08. The predicted octanol–water partition coefficient (Wildman–Crippen LogP) is 4.89. The number of nitrogens with zero attached hydrogens (tertiary/aromatic N) is 2. The molecule has 0 saturated heterocycles. The van der Waals surface area contributed by atoms with E-state index in [-0.39, 0.29) is 5.91 Å². The highest BCUT2D eigenvalue weighted by Crippen LogP contribution is 2.27. The standard InChI is InChI=1S/C22H15ClN2O2S/c1-3-10-25-18-9-8-16(23)13-20(18)28-22(25)24-21(26)17-11-14-6-4-5-7-15(14)12-19(17)27-2/h1,4-9,11-13H,10H2,2H3. The molecule has 4 rings (SSSR count). The molecule has 3 aromatic carbocycles. The Kier molecular flexibility index (Phi) is 4.91. The monoisotopic (exact) mass is 406 g/mol. The normalized spacial score (nSPS) is 11.7. The number of terminal acetylenes is 1. The summed E-state index contributed by atoms with van der Waals surface area (Å²) < 4.78 is 8.18. The Bertz CT molecular complexity index is 1330. The molecule has 138 valence electrons. The Morgan fingerprint density at radius 1 is 1.21 bits per heavy atom. The topological polar surface area (TPSA) is 43.6 Å². The van der Waals surface area contributed by atoms with E-state index in [1.165, 1.54) is 11.3 Å². The molecule has 0 aliphatic heterocycles. The van der Waals surface area contributed by atoms with E-state index >= 15 is 0 Å². The zero-order valence-electron chi connectivity index (χ0n) is 15.0. The van der Waals surface area contributed by atoms with Gasteiger partial charge in [0.15, 0.2) is 4.80 Å². The average Bonchev–Trinajstić information content (AvgIpc) is 3.03. The van der Waals surface area contributed by atoms with E-state index < -0.39 is 0 Å². The number of halogens is 1. The molecule has 1 heterocycles. The number of hydrogen-bond donors (Lipinski definition) is 0. The first-order valence-electron chi connectivity index (χ1n) is 8.49. The van der Waals surface area contributed by atoms with Crippen molar-refractivity contribution < 1.29 is 9.53 Å². The second kappa shape index (κ2) is 7.51. The Hall–Kier alpha value is -3.07. The number of carbonyl (C=O) groups excluding carboxylic acids is 1. The highest BCUT2D eigenvalue weighted by molar-refractivity contribution is 7.16. The van der Waals surface area contributed by atoms with Gasteiger partial charge in [0.1, 0.15) is 5.75 Å². The van der Waals surface area contributed by atoms with Crippen LogP contribution in [0.3, 0.4) is 0 Å². The first-order chi connectivity index (χ1) is 13.6. The number of methoxy groups -OCH3 is 1. The molecular weight excluding hydrogens is 392 g/mol. The molecule has 0 aliphatic carbocycles. The number of fused-ring (bicyclic) bond motifs is 2. The number of hydrogen-bond acceptors (Lipinski definition) is 3. The van der Waals surface area contributed by atoms with E-state index in [1.807, 2.05) is 47.0 Å². The van der Waals surface area contributed by atoms with Crippen LogP contribution in [0.15, 0.2) is 59.6 Å². The van der Waals surface area contributed by atoms with Crippen molar-refractivity contribution in [3.63, 3.8) is 0 Å². The molecule has 1 amide bonds. The van der Waals surface area contributed by atoms with Crippen molar-refractivity contribution in [1.82, 2.24) is 4.57 Å². The first kappa shape index (κ1) is 18.3. The maximum atomic E-state index is 13.0. The molecule has 0 unspecified atom stereocenters. The summed E-state index contributed by atoms with van der Waals surface area (Å²) in [4.78, 5) is 17.9. The van der Waals surface area contributed by atoms with Gasteiger partial charge < -0.3 is 9.30 Å². The van der Waals surface area contributed by atoms with Gasteiger partial charge in [-0.25, -0.2) is 0 Å². The smallest absolute Gasteiger partial charge is 0.283 e. The number of amides is 1. The van der Waals surface area contributed by atoms with Crippen LogP contribution in [0.1, 0.15) is 10.4 Å². The van der Waals surface area contributed by atoms with E-state index in [0.717, 1.165) is 21.0 Å². The summed E-state index contributed by atoms with van der Waals surface area (Å²) in [6.45, 7) is 0.308.